The molecular weight excluding hydrogens is 340 g/mol. The number of nitrogens with zero attached hydrogens (tertiary/aromatic N) is 1. The van der Waals surface area contributed by atoms with Crippen LogP contribution in [0.3, 0.4) is 0 Å². The number of sulfonamides is 1. The standard InChI is InChI=1S/C18H22N2O4S/c1-3-20(4-2)25(22,23)17-10-7-15(8-11-17)9-12-18(21)19-14-16-6-5-13-24-16/h5-13H,3-4,14H2,1-2H3,(H,19,21). The first-order valence-electron chi connectivity index (χ1n) is 8.06. The van der Waals surface area contributed by atoms with E-state index in [0.717, 1.165) is 5.56 Å². The number of furan rings is 1. The number of carbonyl (C=O) groups excluding carboxylic acids is 1. The number of nitrogens with one attached hydrogen (secondary N) is 1. The summed E-state index contributed by atoms with van der Waals surface area (Å²) in [6, 6.07) is 9.98. The van der Waals surface area contributed by atoms with Crippen molar-refractivity contribution in [2.75, 3.05) is 13.1 Å². The van der Waals surface area contributed by atoms with Crippen molar-refractivity contribution in [2.45, 2.75) is 25.3 Å². The SMILES string of the molecule is CCN(CC)S(=O)(=O)c1ccc(C=CC(=O)NCc2ccco2)cc1. The second-order valence-electron chi connectivity index (χ2n) is 5.29. The molecule has 2 aromatic rings. The van der Waals surface area contributed by atoms with Gasteiger partial charge in [-0.05, 0) is 35.9 Å². The van der Waals surface area contributed by atoms with E-state index in [-0.39, 0.29) is 10.8 Å². The van der Waals surface area contributed by atoms with E-state index >= 15 is 0 Å². The number of benzene rings is 1. The highest BCUT2D eigenvalue weighted by atomic mass is 32.2. The van der Waals surface area contributed by atoms with Crippen molar-refractivity contribution in [3.63, 3.8) is 0 Å². The molecule has 7 heteroatoms. The van der Waals surface area contributed by atoms with E-state index < -0.39 is 10.0 Å². The Morgan fingerprint density at radius 3 is 2.40 bits per heavy atom. The molecule has 0 fully saturated rings. The highest BCUT2D eigenvalue weighted by molar-refractivity contribution is 7.89. The quantitative estimate of drug-likeness (QED) is 0.732. The maximum Gasteiger partial charge on any atom is 0.244 e. The summed E-state index contributed by atoms with van der Waals surface area (Å²) in [6.07, 6.45) is 4.58. The van der Waals surface area contributed by atoms with Gasteiger partial charge >= 0.3 is 0 Å². The molecule has 1 heterocycles. The van der Waals surface area contributed by atoms with Gasteiger partial charge in [0.2, 0.25) is 15.9 Å². The lowest BCUT2D eigenvalue weighted by Crippen LogP contribution is -2.30. The third-order valence-electron chi connectivity index (χ3n) is 3.67. The normalized spacial score (nSPS) is 12.0. The zero-order valence-corrected chi connectivity index (χ0v) is 15.1. The number of amides is 1. The summed E-state index contributed by atoms with van der Waals surface area (Å²) in [5.41, 5.74) is 0.742. The molecule has 25 heavy (non-hydrogen) atoms. The van der Waals surface area contributed by atoms with E-state index in [1.54, 1.807) is 62.6 Å². The molecule has 0 aliphatic rings. The predicted octanol–water partition coefficient (Wildman–Crippen LogP) is 2.64. The first kappa shape index (κ1) is 19.0. The van der Waals surface area contributed by atoms with Gasteiger partial charge in [0.25, 0.3) is 0 Å². The Kier molecular flexibility index (Phi) is 6.55. The third-order valence-corrected chi connectivity index (χ3v) is 5.73. The fraction of sp³-hybridized carbons (Fsp3) is 0.278. The third kappa shape index (κ3) is 5.04. The van der Waals surface area contributed by atoms with Crippen LogP contribution in [0.15, 0.2) is 58.1 Å². The smallest absolute Gasteiger partial charge is 0.244 e. The lowest BCUT2D eigenvalue weighted by molar-refractivity contribution is -0.116. The highest BCUT2D eigenvalue weighted by Crippen LogP contribution is 2.16. The molecule has 0 saturated carbocycles. The number of hydrogen-bond donors (Lipinski definition) is 1. The molecule has 0 bridgehead atoms. The minimum atomic E-state index is -3.46. The Morgan fingerprint density at radius 1 is 1.16 bits per heavy atom. The van der Waals surface area contributed by atoms with E-state index in [2.05, 4.69) is 5.32 Å². The first-order chi connectivity index (χ1) is 12.0. The number of rotatable bonds is 8. The van der Waals surface area contributed by atoms with E-state index in [0.29, 0.717) is 25.4 Å². The Morgan fingerprint density at radius 2 is 1.84 bits per heavy atom. The van der Waals surface area contributed by atoms with Gasteiger partial charge in [0.1, 0.15) is 5.76 Å². The number of carbonyl (C=O) groups is 1. The predicted molar refractivity (Wildman–Crippen MR) is 96.1 cm³/mol. The Balaban J connectivity index is 1.98. The Labute approximate surface area is 148 Å². The van der Waals surface area contributed by atoms with Crippen LogP contribution in [0.5, 0.6) is 0 Å². The zero-order chi connectivity index (χ0) is 18.3. The lowest BCUT2D eigenvalue weighted by atomic mass is 10.2. The largest absolute Gasteiger partial charge is 0.467 e. The molecule has 1 amide bonds. The molecule has 6 nitrogen and oxygen atoms in total. The first-order valence-corrected chi connectivity index (χ1v) is 9.50. The average molecular weight is 362 g/mol. The fourth-order valence-electron chi connectivity index (χ4n) is 2.28. The summed E-state index contributed by atoms with van der Waals surface area (Å²) in [4.78, 5) is 12.0. The van der Waals surface area contributed by atoms with Crippen molar-refractivity contribution < 1.29 is 17.6 Å². The van der Waals surface area contributed by atoms with Gasteiger partial charge in [-0.3, -0.25) is 4.79 Å². The van der Waals surface area contributed by atoms with Crippen LogP contribution in [-0.2, 0) is 21.4 Å². The van der Waals surface area contributed by atoms with Crippen molar-refractivity contribution in [1.29, 1.82) is 0 Å². The van der Waals surface area contributed by atoms with E-state index in [4.69, 9.17) is 4.42 Å². The van der Waals surface area contributed by atoms with Gasteiger partial charge in [-0.2, -0.15) is 4.31 Å². The molecule has 0 unspecified atom stereocenters. The van der Waals surface area contributed by atoms with Crippen LogP contribution in [0.1, 0.15) is 25.2 Å². The van der Waals surface area contributed by atoms with Crippen molar-refractivity contribution in [3.05, 3.63) is 60.1 Å². The van der Waals surface area contributed by atoms with Gasteiger partial charge < -0.3 is 9.73 Å². The Bertz CT molecular complexity index is 805. The van der Waals surface area contributed by atoms with E-state index in [1.807, 2.05) is 0 Å². The van der Waals surface area contributed by atoms with Crippen LogP contribution in [0.4, 0.5) is 0 Å². The molecule has 0 aliphatic carbocycles. The molecular formula is C18H22N2O4S. The van der Waals surface area contributed by atoms with Crippen molar-refractivity contribution in [1.82, 2.24) is 9.62 Å². The molecule has 0 radical (unpaired) electrons. The summed E-state index contributed by atoms with van der Waals surface area (Å²) >= 11 is 0. The summed E-state index contributed by atoms with van der Waals surface area (Å²) < 4.78 is 31.3. The van der Waals surface area contributed by atoms with Gasteiger partial charge in [0.05, 0.1) is 17.7 Å². The van der Waals surface area contributed by atoms with Crippen LogP contribution in [0, 0.1) is 0 Å². The molecule has 0 spiro atoms. The molecule has 1 aromatic heterocycles. The average Bonchev–Trinajstić information content (AvgIpc) is 3.13. The zero-order valence-electron chi connectivity index (χ0n) is 14.3. The summed E-state index contributed by atoms with van der Waals surface area (Å²) in [6.45, 7) is 4.78. The maximum atomic E-state index is 12.4. The van der Waals surface area contributed by atoms with Crippen molar-refractivity contribution >= 4 is 22.0 Å². The van der Waals surface area contributed by atoms with Gasteiger partial charge in [-0.25, -0.2) is 8.42 Å². The topological polar surface area (TPSA) is 79.6 Å². The van der Waals surface area contributed by atoms with Gasteiger partial charge in [0.15, 0.2) is 0 Å². The van der Waals surface area contributed by atoms with Crippen molar-refractivity contribution in [2.24, 2.45) is 0 Å². The van der Waals surface area contributed by atoms with Gasteiger partial charge in [-0.1, -0.05) is 26.0 Å². The molecule has 0 atom stereocenters. The van der Waals surface area contributed by atoms with Crippen molar-refractivity contribution in [3.8, 4) is 0 Å². The van der Waals surface area contributed by atoms with Crippen LogP contribution >= 0.6 is 0 Å². The monoisotopic (exact) mass is 362 g/mol. The van der Waals surface area contributed by atoms with Crippen LogP contribution < -0.4 is 5.32 Å². The van der Waals surface area contributed by atoms with E-state index in [1.165, 1.54) is 10.4 Å². The van der Waals surface area contributed by atoms with E-state index in [9.17, 15) is 13.2 Å². The molecule has 2 rings (SSSR count). The van der Waals surface area contributed by atoms with Crippen LogP contribution in [0.2, 0.25) is 0 Å². The maximum absolute atomic E-state index is 12.4. The van der Waals surface area contributed by atoms with Gasteiger partial charge in [-0.15, -0.1) is 0 Å². The van der Waals surface area contributed by atoms with Crippen LogP contribution in [0.25, 0.3) is 6.08 Å². The molecule has 134 valence electrons. The number of hydrogen-bond acceptors (Lipinski definition) is 4. The minimum Gasteiger partial charge on any atom is -0.467 e. The second-order valence-corrected chi connectivity index (χ2v) is 7.23. The fourth-order valence-corrected chi connectivity index (χ4v) is 3.74. The van der Waals surface area contributed by atoms with Crippen LogP contribution in [-0.4, -0.2) is 31.7 Å². The molecule has 0 aliphatic heterocycles. The molecule has 1 N–H and O–H groups in total. The highest BCUT2D eigenvalue weighted by Gasteiger charge is 2.20. The summed E-state index contributed by atoms with van der Waals surface area (Å²) in [5.74, 6) is 0.420. The second kappa shape index (κ2) is 8.64. The lowest BCUT2D eigenvalue weighted by Gasteiger charge is -2.18. The Hall–Kier alpha value is -2.38. The summed E-state index contributed by atoms with van der Waals surface area (Å²) in [5, 5.41) is 2.70. The summed E-state index contributed by atoms with van der Waals surface area (Å²) in [7, 11) is -3.46. The van der Waals surface area contributed by atoms with Gasteiger partial charge in [0, 0.05) is 19.2 Å². The molecule has 1 aromatic carbocycles. The minimum absolute atomic E-state index is 0.246. The molecule has 0 saturated heterocycles.